The first-order valence-corrected chi connectivity index (χ1v) is 6.42. The predicted octanol–water partition coefficient (Wildman–Crippen LogP) is 1.70. The van der Waals surface area contributed by atoms with E-state index in [1.165, 1.54) is 12.5 Å². The standard InChI is InChI=1S/C14H12ClN3O3/c15-11-5-3-10(4-6-11)8-16-13(19)14(20)18-17-9-12-2-1-7-21-12/h1-7,9H,8H2,(H,16,19)(H,18,20)/b17-9-. The van der Waals surface area contributed by atoms with E-state index < -0.39 is 11.8 Å². The Labute approximate surface area is 125 Å². The summed E-state index contributed by atoms with van der Waals surface area (Å²) in [6, 6.07) is 10.3. The highest BCUT2D eigenvalue weighted by molar-refractivity contribution is 6.35. The van der Waals surface area contributed by atoms with E-state index in [0.717, 1.165) is 5.56 Å². The molecule has 0 fully saturated rings. The van der Waals surface area contributed by atoms with Crippen LogP contribution in [0.5, 0.6) is 0 Å². The Morgan fingerprint density at radius 1 is 1.19 bits per heavy atom. The topological polar surface area (TPSA) is 83.7 Å². The van der Waals surface area contributed by atoms with Gasteiger partial charge in [-0.05, 0) is 29.8 Å². The number of halogens is 1. The molecule has 0 aliphatic rings. The molecule has 2 rings (SSSR count). The molecule has 1 heterocycles. The van der Waals surface area contributed by atoms with Gasteiger partial charge in [0.2, 0.25) is 0 Å². The van der Waals surface area contributed by atoms with Crippen LogP contribution in [0.3, 0.4) is 0 Å². The molecule has 0 unspecified atom stereocenters. The molecule has 0 bridgehead atoms. The highest BCUT2D eigenvalue weighted by Crippen LogP contribution is 2.08. The fourth-order valence-electron chi connectivity index (χ4n) is 1.43. The van der Waals surface area contributed by atoms with Crippen LogP contribution < -0.4 is 10.7 Å². The van der Waals surface area contributed by atoms with Gasteiger partial charge in [0.1, 0.15) is 5.76 Å². The smallest absolute Gasteiger partial charge is 0.329 e. The van der Waals surface area contributed by atoms with Crippen LogP contribution in [-0.2, 0) is 16.1 Å². The van der Waals surface area contributed by atoms with Crippen molar-refractivity contribution in [2.45, 2.75) is 6.54 Å². The lowest BCUT2D eigenvalue weighted by atomic mass is 10.2. The zero-order valence-electron chi connectivity index (χ0n) is 10.9. The zero-order valence-corrected chi connectivity index (χ0v) is 11.6. The molecule has 0 radical (unpaired) electrons. The molecule has 21 heavy (non-hydrogen) atoms. The van der Waals surface area contributed by atoms with Crippen LogP contribution in [0.2, 0.25) is 5.02 Å². The van der Waals surface area contributed by atoms with Crippen LogP contribution in [0, 0.1) is 0 Å². The summed E-state index contributed by atoms with van der Waals surface area (Å²) >= 11 is 5.75. The number of amides is 2. The van der Waals surface area contributed by atoms with Crippen molar-refractivity contribution >= 4 is 29.6 Å². The summed E-state index contributed by atoms with van der Waals surface area (Å²) in [6.07, 6.45) is 2.77. The molecule has 0 spiro atoms. The third kappa shape index (κ3) is 4.77. The van der Waals surface area contributed by atoms with Gasteiger partial charge < -0.3 is 9.73 Å². The van der Waals surface area contributed by atoms with E-state index in [2.05, 4.69) is 15.8 Å². The number of carbonyl (C=O) groups is 2. The quantitative estimate of drug-likeness (QED) is 0.512. The maximum atomic E-state index is 11.5. The van der Waals surface area contributed by atoms with Gasteiger partial charge in [-0.1, -0.05) is 23.7 Å². The molecular weight excluding hydrogens is 294 g/mol. The molecule has 2 amide bonds. The highest BCUT2D eigenvalue weighted by atomic mass is 35.5. The minimum Gasteiger partial charge on any atom is -0.463 e. The van der Waals surface area contributed by atoms with E-state index in [9.17, 15) is 9.59 Å². The van der Waals surface area contributed by atoms with Crippen molar-refractivity contribution in [2.75, 3.05) is 0 Å². The van der Waals surface area contributed by atoms with E-state index >= 15 is 0 Å². The average Bonchev–Trinajstić information content (AvgIpc) is 2.99. The molecule has 0 atom stereocenters. The van der Waals surface area contributed by atoms with Gasteiger partial charge in [0.05, 0.1) is 12.5 Å². The number of nitrogens with one attached hydrogen (secondary N) is 2. The van der Waals surface area contributed by atoms with Crippen molar-refractivity contribution in [3.63, 3.8) is 0 Å². The van der Waals surface area contributed by atoms with E-state index in [4.69, 9.17) is 16.0 Å². The van der Waals surface area contributed by atoms with Crippen LogP contribution >= 0.6 is 11.6 Å². The number of furan rings is 1. The van der Waals surface area contributed by atoms with Gasteiger partial charge in [0.25, 0.3) is 0 Å². The van der Waals surface area contributed by atoms with Crippen molar-refractivity contribution in [3.05, 3.63) is 59.0 Å². The second kappa shape index (κ2) is 7.25. The van der Waals surface area contributed by atoms with Gasteiger partial charge in [-0.2, -0.15) is 5.10 Å². The average molecular weight is 306 g/mol. The summed E-state index contributed by atoms with van der Waals surface area (Å²) < 4.78 is 4.98. The minimum atomic E-state index is -0.855. The number of hydrogen-bond acceptors (Lipinski definition) is 4. The van der Waals surface area contributed by atoms with Crippen LogP contribution in [0.25, 0.3) is 0 Å². The maximum Gasteiger partial charge on any atom is 0.329 e. The predicted molar refractivity (Wildman–Crippen MR) is 77.7 cm³/mol. The SMILES string of the molecule is O=C(NCc1ccc(Cl)cc1)C(=O)N/N=C\c1ccco1. The minimum absolute atomic E-state index is 0.228. The molecule has 0 saturated carbocycles. The van der Waals surface area contributed by atoms with Crippen LogP contribution in [0.4, 0.5) is 0 Å². The first kappa shape index (κ1) is 14.8. The summed E-state index contributed by atoms with van der Waals surface area (Å²) in [7, 11) is 0. The van der Waals surface area contributed by atoms with E-state index in [0.29, 0.717) is 10.8 Å². The van der Waals surface area contributed by atoms with Gasteiger partial charge in [0.15, 0.2) is 0 Å². The maximum absolute atomic E-state index is 11.5. The number of hydrogen-bond donors (Lipinski definition) is 2. The van der Waals surface area contributed by atoms with Gasteiger partial charge in [-0.3, -0.25) is 9.59 Å². The van der Waals surface area contributed by atoms with E-state index in [1.54, 1.807) is 36.4 Å². The van der Waals surface area contributed by atoms with E-state index in [1.807, 2.05) is 0 Å². The number of nitrogens with zero attached hydrogens (tertiary/aromatic N) is 1. The first-order chi connectivity index (χ1) is 10.1. The number of benzene rings is 1. The number of carbonyl (C=O) groups excluding carboxylic acids is 2. The molecule has 7 heteroatoms. The van der Waals surface area contributed by atoms with Crippen LogP contribution in [0.1, 0.15) is 11.3 Å². The van der Waals surface area contributed by atoms with Crippen molar-refractivity contribution in [1.82, 2.24) is 10.7 Å². The second-order valence-corrected chi connectivity index (χ2v) is 4.46. The summed E-state index contributed by atoms with van der Waals surface area (Å²) in [4.78, 5) is 23.0. The van der Waals surface area contributed by atoms with E-state index in [-0.39, 0.29) is 6.54 Å². The molecule has 108 valence electrons. The van der Waals surface area contributed by atoms with Gasteiger partial charge >= 0.3 is 11.8 Å². The molecule has 0 saturated heterocycles. The molecule has 2 aromatic rings. The Kier molecular flexibility index (Phi) is 5.11. The van der Waals surface area contributed by atoms with Gasteiger partial charge in [-0.15, -0.1) is 0 Å². The van der Waals surface area contributed by atoms with Gasteiger partial charge in [-0.25, -0.2) is 5.43 Å². The lowest BCUT2D eigenvalue weighted by Crippen LogP contribution is -2.37. The normalized spacial score (nSPS) is 10.5. The van der Waals surface area contributed by atoms with Crippen molar-refractivity contribution < 1.29 is 14.0 Å². The van der Waals surface area contributed by atoms with Crippen LogP contribution in [0.15, 0.2) is 52.2 Å². The molecule has 1 aromatic heterocycles. The first-order valence-electron chi connectivity index (χ1n) is 6.04. The third-order valence-corrected chi connectivity index (χ3v) is 2.73. The fourth-order valence-corrected chi connectivity index (χ4v) is 1.56. The molecule has 2 N–H and O–H groups in total. The van der Waals surface area contributed by atoms with Gasteiger partial charge in [0, 0.05) is 11.6 Å². The van der Waals surface area contributed by atoms with Crippen molar-refractivity contribution in [2.24, 2.45) is 5.10 Å². The fraction of sp³-hybridized carbons (Fsp3) is 0.0714. The number of hydrazone groups is 1. The highest BCUT2D eigenvalue weighted by Gasteiger charge is 2.11. The monoisotopic (exact) mass is 305 g/mol. The lowest BCUT2D eigenvalue weighted by Gasteiger charge is -2.04. The number of rotatable bonds is 4. The molecular formula is C14H12ClN3O3. The Balaban J connectivity index is 1.77. The summed E-state index contributed by atoms with van der Waals surface area (Å²) in [6.45, 7) is 0.228. The van der Waals surface area contributed by atoms with Crippen molar-refractivity contribution in [3.8, 4) is 0 Å². The largest absolute Gasteiger partial charge is 0.463 e. The Hall–Kier alpha value is -2.60. The second-order valence-electron chi connectivity index (χ2n) is 4.02. The lowest BCUT2D eigenvalue weighted by molar-refractivity contribution is -0.139. The van der Waals surface area contributed by atoms with Crippen LogP contribution in [-0.4, -0.2) is 18.0 Å². The molecule has 0 aliphatic heterocycles. The zero-order chi connectivity index (χ0) is 15.1. The molecule has 1 aromatic carbocycles. The summed E-state index contributed by atoms with van der Waals surface area (Å²) in [5, 5.41) is 6.68. The Morgan fingerprint density at radius 2 is 1.95 bits per heavy atom. The summed E-state index contributed by atoms with van der Waals surface area (Å²) in [5.74, 6) is -1.16. The molecule has 6 nitrogen and oxygen atoms in total. The van der Waals surface area contributed by atoms with Crippen molar-refractivity contribution in [1.29, 1.82) is 0 Å². The Morgan fingerprint density at radius 3 is 2.62 bits per heavy atom. The molecule has 0 aliphatic carbocycles. The Bertz CT molecular complexity index is 636. The third-order valence-electron chi connectivity index (χ3n) is 2.47. The summed E-state index contributed by atoms with van der Waals surface area (Å²) in [5.41, 5.74) is 2.94.